The molecule has 1 heterocycles. The van der Waals surface area contributed by atoms with E-state index in [9.17, 15) is 4.79 Å². The Morgan fingerprint density at radius 1 is 1.33 bits per heavy atom. The summed E-state index contributed by atoms with van der Waals surface area (Å²) in [6, 6.07) is 9.51. The van der Waals surface area contributed by atoms with Crippen LogP contribution >= 0.6 is 0 Å². The molecule has 2 nitrogen and oxygen atoms in total. The third-order valence-electron chi connectivity index (χ3n) is 2.82. The molecule has 1 aliphatic rings. The second-order valence-corrected chi connectivity index (χ2v) is 4.08. The van der Waals surface area contributed by atoms with E-state index in [4.69, 9.17) is 4.74 Å². The quantitative estimate of drug-likeness (QED) is 0.707. The van der Waals surface area contributed by atoms with E-state index in [-0.39, 0.29) is 5.78 Å². The Morgan fingerprint density at radius 3 is 2.80 bits per heavy atom. The number of benzene rings is 1. The van der Waals surface area contributed by atoms with E-state index in [0.29, 0.717) is 12.3 Å². The zero-order valence-electron chi connectivity index (χ0n) is 8.82. The van der Waals surface area contributed by atoms with E-state index >= 15 is 0 Å². The van der Waals surface area contributed by atoms with Gasteiger partial charge in [-0.05, 0) is 18.8 Å². The topological polar surface area (TPSA) is 26.3 Å². The van der Waals surface area contributed by atoms with Crippen molar-refractivity contribution in [3.63, 3.8) is 0 Å². The van der Waals surface area contributed by atoms with E-state index in [2.05, 4.69) is 0 Å². The van der Waals surface area contributed by atoms with Gasteiger partial charge in [-0.25, -0.2) is 0 Å². The lowest BCUT2D eigenvalue weighted by Crippen LogP contribution is -2.20. The molecule has 1 atom stereocenters. The minimum absolute atomic E-state index is 0.242. The molecule has 0 aliphatic carbocycles. The fourth-order valence-electron chi connectivity index (χ4n) is 1.97. The van der Waals surface area contributed by atoms with E-state index in [1.807, 2.05) is 30.3 Å². The molecule has 2 rings (SSSR count). The van der Waals surface area contributed by atoms with Crippen LogP contribution in [0.2, 0.25) is 0 Å². The molecule has 1 aliphatic heterocycles. The van der Waals surface area contributed by atoms with Gasteiger partial charge in [0, 0.05) is 25.2 Å². The first kappa shape index (κ1) is 10.4. The zero-order chi connectivity index (χ0) is 10.5. The van der Waals surface area contributed by atoms with Crippen LogP contribution in [-0.4, -0.2) is 19.0 Å². The van der Waals surface area contributed by atoms with Crippen LogP contribution in [0.15, 0.2) is 30.3 Å². The molecule has 80 valence electrons. The summed E-state index contributed by atoms with van der Waals surface area (Å²) < 4.78 is 5.37. The van der Waals surface area contributed by atoms with Gasteiger partial charge >= 0.3 is 0 Å². The highest BCUT2D eigenvalue weighted by Crippen LogP contribution is 2.19. The Morgan fingerprint density at radius 2 is 2.13 bits per heavy atom. The zero-order valence-corrected chi connectivity index (χ0v) is 8.82. The first-order chi connectivity index (χ1) is 7.36. The minimum Gasteiger partial charge on any atom is -0.381 e. The summed E-state index contributed by atoms with van der Waals surface area (Å²) in [4.78, 5) is 11.9. The van der Waals surface area contributed by atoms with Gasteiger partial charge in [-0.1, -0.05) is 30.3 Å². The molecule has 15 heavy (non-hydrogen) atoms. The second-order valence-electron chi connectivity index (χ2n) is 4.08. The fraction of sp³-hybridized carbons (Fsp3) is 0.462. The predicted octanol–water partition coefficient (Wildman–Crippen LogP) is 2.69. The van der Waals surface area contributed by atoms with Crippen molar-refractivity contribution in [2.24, 2.45) is 5.92 Å². The van der Waals surface area contributed by atoms with E-state index in [1.54, 1.807) is 0 Å². The smallest absolute Gasteiger partial charge is 0.163 e. The maximum atomic E-state index is 11.9. The van der Waals surface area contributed by atoms with Gasteiger partial charge in [0.15, 0.2) is 5.78 Å². The van der Waals surface area contributed by atoms with Crippen LogP contribution < -0.4 is 0 Å². The Labute approximate surface area is 90.3 Å². The number of carbonyl (C=O) groups is 1. The van der Waals surface area contributed by atoms with Crippen molar-refractivity contribution >= 4 is 5.78 Å². The molecule has 1 unspecified atom stereocenters. The Kier molecular flexibility index (Phi) is 3.51. The normalized spacial score (nSPS) is 21.2. The maximum absolute atomic E-state index is 11.9. The fourth-order valence-corrected chi connectivity index (χ4v) is 1.97. The molecule has 0 radical (unpaired) electrons. The number of hydrogen-bond acceptors (Lipinski definition) is 2. The molecule has 0 amide bonds. The van der Waals surface area contributed by atoms with Crippen molar-refractivity contribution < 1.29 is 9.53 Å². The lowest BCUT2D eigenvalue weighted by atomic mass is 9.94. The van der Waals surface area contributed by atoms with Crippen LogP contribution in [0.4, 0.5) is 0 Å². The standard InChI is InChI=1S/C13H16O2/c14-13(12-6-2-1-3-7-12)9-11-5-4-8-15-10-11/h1-3,6-7,11H,4-5,8-10H2. The predicted molar refractivity (Wildman–Crippen MR) is 58.9 cm³/mol. The summed E-state index contributed by atoms with van der Waals surface area (Å²) in [5.74, 6) is 0.664. The molecule has 1 aromatic carbocycles. The maximum Gasteiger partial charge on any atom is 0.163 e. The van der Waals surface area contributed by atoms with E-state index in [0.717, 1.165) is 31.6 Å². The summed E-state index contributed by atoms with van der Waals surface area (Å²) in [5.41, 5.74) is 0.822. The first-order valence-electron chi connectivity index (χ1n) is 5.52. The highest BCUT2D eigenvalue weighted by atomic mass is 16.5. The van der Waals surface area contributed by atoms with Gasteiger partial charge in [0.1, 0.15) is 0 Å². The van der Waals surface area contributed by atoms with Crippen molar-refractivity contribution in [1.29, 1.82) is 0 Å². The lowest BCUT2D eigenvalue weighted by molar-refractivity contribution is 0.0488. The number of hydrogen-bond donors (Lipinski definition) is 0. The Balaban J connectivity index is 1.91. The SMILES string of the molecule is O=C(CC1CCCOC1)c1ccccc1. The Hall–Kier alpha value is -1.15. The van der Waals surface area contributed by atoms with Crippen LogP contribution in [-0.2, 0) is 4.74 Å². The van der Waals surface area contributed by atoms with Crippen molar-refractivity contribution in [2.45, 2.75) is 19.3 Å². The lowest BCUT2D eigenvalue weighted by Gasteiger charge is -2.21. The van der Waals surface area contributed by atoms with Crippen molar-refractivity contribution in [3.05, 3.63) is 35.9 Å². The average molecular weight is 204 g/mol. The van der Waals surface area contributed by atoms with Crippen molar-refractivity contribution in [2.75, 3.05) is 13.2 Å². The summed E-state index contributed by atoms with van der Waals surface area (Å²) in [6.45, 7) is 1.61. The van der Waals surface area contributed by atoms with Gasteiger partial charge in [0.2, 0.25) is 0 Å². The molecule has 0 N–H and O–H groups in total. The summed E-state index contributed by atoms with van der Waals surface area (Å²) in [5, 5.41) is 0. The number of carbonyl (C=O) groups excluding carboxylic acids is 1. The van der Waals surface area contributed by atoms with E-state index < -0.39 is 0 Å². The number of ketones is 1. The Bertz CT molecular complexity index is 313. The summed E-state index contributed by atoms with van der Waals surface area (Å²) in [6.07, 6.45) is 2.84. The number of rotatable bonds is 3. The van der Waals surface area contributed by atoms with Gasteiger partial charge in [-0.3, -0.25) is 4.79 Å². The molecule has 0 bridgehead atoms. The van der Waals surface area contributed by atoms with Crippen LogP contribution in [0.25, 0.3) is 0 Å². The molecule has 2 heteroatoms. The van der Waals surface area contributed by atoms with Crippen LogP contribution in [0.1, 0.15) is 29.6 Å². The van der Waals surface area contributed by atoms with E-state index in [1.165, 1.54) is 0 Å². The van der Waals surface area contributed by atoms with Crippen molar-refractivity contribution in [1.82, 2.24) is 0 Å². The van der Waals surface area contributed by atoms with Crippen LogP contribution in [0.5, 0.6) is 0 Å². The molecule has 1 saturated heterocycles. The summed E-state index contributed by atoms with van der Waals surface area (Å²) >= 11 is 0. The third kappa shape index (κ3) is 2.90. The number of ether oxygens (including phenoxy) is 1. The van der Waals surface area contributed by atoms with Gasteiger partial charge in [0.25, 0.3) is 0 Å². The molecule has 1 aromatic rings. The number of Topliss-reactive ketones (excluding diaryl/α,β-unsaturated/α-hetero) is 1. The molecule has 0 spiro atoms. The monoisotopic (exact) mass is 204 g/mol. The second kappa shape index (κ2) is 5.08. The largest absolute Gasteiger partial charge is 0.381 e. The first-order valence-corrected chi connectivity index (χ1v) is 5.52. The molecule has 1 fully saturated rings. The molecular formula is C13H16O2. The average Bonchev–Trinajstić information content (AvgIpc) is 2.31. The van der Waals surface area contributed by atoms with Gasteiger partial charge in [-0.15, -0.1) is 0 Å². The van der Waals surface area contributed by atoms with Crippen LogP contribution in [0.3, 0.4) is 0 Å². The molecule has 0 aromatic heterocycles. The highest BCUT2D eigenvalue weighted by molar-refractivity contribution is 5.96. The van der Waals surface area contributed by atoms with Gasteiger partial charge in [0.05, 0.1) is 0 Å². The summed E-state index contributed by atoms with van der Waals surface area (Å²) in [7, 11) is 0. The molecule has 0 saturated carbocycles. The highest BCUT2D eigenvalue weighted by Gasteiger charge is 2.18. The van der Waals surface area contributed by atoms with Crippen LogP contribution in [0, 0.1) is 5.92 Å². The third-order valence-corrected chi connectivity index (χ3v) is 2.82. The molecular weight excluding hydrogens is 188 g/mol. The van der Waals surface area contributed by atoms with Crippen molar-refractivity contribution in [3.8, 4) is 0 Å². The van der Waals surface area contributed by atoms with Gasteiger partial charge in [-0.2, -0.15) is 0 Å². The minimum atomic E-state index is 0.242. The van der Waals surface area contributed by atoms with Gasteiger partial charge < -0.3 is 4.74 Å².